The molecule has 0 aromatic heterocycles. The van der Waals surface area contributed by atoms with Crippen molar-refractivity contribution in [1.82, 2.24) is 5.32 Å². The van der Waals surface area contributed by atoms with Crippen molar-refractivity contribution < 1.29 is 18.3 Å². The summed E-state index contributed by atoms with van der Waals surface area (Å²) in [6, 6.07) is 0.0830. The number of rotatable bonds is 5. The highest BCUT2D eigenvalue weighted by atomic mass is 19.4. The summed E-state index contributed by atoms with van der Waals surface area (Å²) in [5.74, 6) is 0. The lowest BCUT2D eigenvalue weighted by atomic mass is 9.92. The van der Waals surface area contributed by atoms with Crippen LogP contribution >= 0.6 is 0 Å². The molecule has 1 aliphatic rings. The molecule has 0 saturated heterocycles. The van der Waals surface area contributed by atoms with E-state index in [1.807, 2.05) is 0 Å². The molecular weight excluding hydrogens is 219 g/mol. The Hall–Kier alpha value is -0.290. The summed E-state index contributed by atoms with van der Waals surface area (Å²) in [7, 11) is 0. The summed E-state index contributed by atoms with van der Waals surface area (Å²) in [6.45, 7) is 0.567. The molecule has 1 rings (SSSR count). The van der Waals surface area contributed by atoms with E-state index in [1.54, 1.807) is 0 Å². The van der Waals surface area contributed by atoms with Crippen molar-refractivity contribution in [2.24, 2.45) is 0 Å². The second kappa shape index (κ2) is 6.45. The minimum atomic E-state index is -4.04. The molecule has 96 valence electrons. The Morgan fingerprint density at radius 1 is 1.12 bits per heavy atom. The van der Waals surface area contributed by atoms with Gasteiger partial charge in [-0.05, 0) is 32.2 Å². The van der Waals surface area contributed by atoms with Crippen LogP contribution in [-0.2, 0) is 0 Å². The van der Waals surface area contributed by atoms with Gasteiger partial charge in [0.1, 0.15) is 0 Å². The number of nitrogens with one attached hydrogen (secondary N) is 1. The Balaban J connectivity index is 2.02. The Morgan fingerprint density at radius 3 is 2.44 bits per heavy atom. The SMILES string of the molecule is O[C@H]1CCCC[C@@H]1NCCCCC(F)(F)F. The van der Waals surface area contributed by atoms with Crippen LogP contribution < -0.4 is 5.32 Å². The van der Waals surface area contributed by atoms with E-state index in [1.165, 1.54) is 0 Å². The van der Waals surface area contributed by atoms with Crippen molar-refractivity contribution in [2.75, 3.05) is 6.54 Å². The molecule has 0 aromatic carbocycles. The van der Waals surface area contributed by atoms with Crippen molar-refractivity contribution in [1.29, 1.82) is 0 Å². The van der Waals surface area contributed by atoms with Gasteiger partial charge < -0.3 is 10.4 Å². The maximum Gasteiger partial charge on any atom is 0.389 e. The standard InChI is InChI=1S/C11H20F3NO/c12-11(13,14)7-3-4-8-15-9-5-1-2-6-10(9)16/h9-10,15-16H,1-8H2/t9-,10-/m0/s1. The summed E-state index contributed by atoms with van der Waals surface area (Å²) < 4.78 is 35.5. The number of aliphatic hydroxyl groups excluding tert-OH is 1. The largest absolute Gasteiger partial charge is 0.392 e. The van der Waals surface area contributed by atoms with Gasteiger partial charge in [-0.2, -0.15) is 13.2 Å². The van der Waals surface area contributed by atoms with E-state index < -0.39 is 12.6 Å². The molecule has 1 saturated carbocycles. The van der Waals surface area contributed by atoms with Crippen LogP contribution in [0.25, 0.3) is 0 Å². The quantitative estimate of drug-likeness (QED) is 0.723. The van der Waals surface area contributed by atoms with Crippen LogP contribution in [0, 0.1) is 0 Å². The molecular formula is C11H20F3NO. The molecule has 2 nitrogen and oxygen atoms in total. The fraction of sp³-hybridized carbons (Fsp3) is 1.00. The molecule has 2 atom stereocenters. The lowest BCUT2D eigenvalue weighted by molar-refractivity contribution is -0.135. The second-order valence-electron chi connectivity index (χ2n) is 4.48. The highest BCUT2D eigenvalue weighted by molar-refractivity contribution is 4.80. The molecule has 0 aliphatic heterocycles. The van der Waals surface area contributed by atoms with E-state index in [0.29, 0.717) is 13.0 Å². The maximum atomic E-state index is 11.8. The lowest BCUT2D eigenvalue weighted by Gasteiger charge is -2.28. The van der Waals surface area contributed by atoms with E-state index in [2.05, 4.69) is 5.32 Å². The van der Waals surface area contributed by atoms with Crippen LogP contribution in [-0.4, -0.2) is 30.0 Å². The van der Waals surface area contributed by atoms with Gasteiger partial charge in [0.05, 0.1) is 6.10 Å². The number of aliphatic hydroxyl groups is 1. The molecule has 0 bridgehead atoms. The van der Waals surface area contributed by atoms with E-state index >= 15 is 0 Å². The first-order chi connectivity index (χ1) is 7.49. The second-order valence-corrected chi connectivity index (χ2v) is 4.48. The van der Waals surface area contributed by atoms with Crippen LogP contribution in [0.2, 0.25) is 0 Å². The molecule has 0 unspecified atom stereocenters. The molecule has 1 aliphatic carbocycles. The molecule has 0 radical (unpaired) electrons. The first-order valence-electron chi connectivity index (χ1n) is 5.97. The number of alkyl halides is 3. The predicted octanol–water partition coefficient (Wildman–Crippen LogP) is 2.61. The van der Waals surface area contributed by atoms with E-state index in [-0.39, 0.29) is 18.6 Å². The summed E-state index contributed by atoms with van der Waals surface area (Å²) in [5, 5.41) is 12.8. The van der Waals surface area contributed by atoms with Crippen molar-refractivity contribution >= 4 is 0 Å². The zero-order valence-corrected chi connectivity index (χ0v) is 9.39. The Morgan fingerprint density at radius 2 is 1.81 bits per heavy atom. The zero-order chi connectivity index (χ0) is 12.0. The molecule has 5 heteroatoms. The average molecular weight is 239 g/mol. The first-order valence-corrected chi connectivity index (χ1v) is 5.97. The van der Waals surface area contributed by atoms with Crippen molar-refractivity contribution in [3.63, 3.8) is 0 Å². The first kappa shape index (κ1) is 13.8. The summed E-state index contributed by atoms with van der Waals surface area (Å²) >= 11 is 0. The van der Waals surface area contributed by atoms with Crippen LogP contribution in [0.4, 0.5) is 13.2 Å². The van der Waals surface area contributed by atoms with Crippen LogP contribution in [0.3, 0.4) is 0 Å². The van der Waals surface area contributed by atoms with Gasteiger partial charge in [0, 0.05) is 12.5 Å². The fourth-order valence-electron chi connectivity index (χ4n) is 2.09. The van der Waals surface area contributed by atoms with Gasteiger partial charge in [-0.25, -0.2) is 0 Å². The van der Waals surface area contributed by atoms with Gasteiger partial charge in [0.2, 0.25) is 0 Å². The van der Waals surface area contributed by atoms with Crippen molar-refractivity contribution in [3.05, 3.63) is 0 Å². The van der Waals surface area contributed by atoms with Crippen LogP contribution in [0.5, 0.6) is 0 Å². The predicted molar refractivity (Wildman–Crippen MR) is 56.2 cm³/mol. The Bertz CT molecular complexity index is 196. The number of hydrogen-bond acceptors (Lipinski definition) is 2. The highest BCUT2D eigenvalue weighted by Gasteiger charge is 2.26. The van der Waals surface area contributed by atoms with Gasteiger partial charge >= 0.3 is 6.18 Å². The Labute approximate surface area is 94.2 Å². The smallest absolute Gasteiger partial charge is 0.389 e. The summed E-state index contributed by atoms with van der Waals surface area (Å²) in [4.78, 5) is 0. The minimum absolute atomic E-state index is 0.0830. The maximum absolute atomic E-state index is 11.8. The molecule has 1 fully saturated rings. The third-order valence-electron chi connectivity index (χ3n) is 3.02. The summed E-state index contributed by atoms with van der Waals surface area (Å²) in [6.07, 6.45) is -0.504. The monoisotopic (exact) mass is 239 g/mol. The fourth-order valence-corrected chi connectivity index (χ4v) is 2.09. The molecule has 0 spiro atoms. The highest BCUT2D eigenvalue weighted by Crippen LogP contribution is 2.22. The summed E-state index contributed by atoms with van der Waals surface area (Å²) in [5.41, 5.74) is 0. The molecule has 16 heavy (non-hydrogen) atoms. The molecule has 0 aromatic rings. The molecule has 0 amide bonds. The number of unbranched alkanes of at least 4 members (excludes halogenated alkanes) is 1. The topological polar surface area (TPSA) is 32.3 Å². The number of hydrogen-bond donors (Lipinski definition) is 2. The van der Waals surface area contributed by atoms with Gasteiger partial charge in [0.15, 0.2) is 0 Å². The van der Waals surface area contributed by atoms with Crippen molar-refractivity contribution in [3.8, 4) is 0 Å². The van der Waals surface area contributed by atoms with E-state index in [9.17, 15) is 18.3 Å². The van der Waals surface area contributed by atoms with Crippen LogP contribution in [0.15, 0.2) is 0 Å². The molecule has 2 N–H and O–H groups in total. The molecule has 0 heterocycles. The number of halogens is 3. The lowest BCUT2D eigenvalue weighted by Crippen LogP contribution is -2.42. The Kier molecular flexibility index (Phi) is 5.55. The van der Waals surface area contributed by atoms with E-state index in [0.717, 1.165) is 25.7 Å². The third-order valence-corrected chi connectivity index (χ3v) is 3.02. The van der Waals surface area contributed by atoms with Gasteiger partial charge in [-0.15, -0.1) is 0 Å². The zero-order valence-electron chi connectivity index (χ0n) is 9.39. The van der Waals surface area contributed by atoms with E-state index in [4.69, 9.17) is 0 Å². The van der Waals surface area contributed by atoms with Crippen molar-refractivity contribution in [2.45, 2.75) is 63.3 Å². The van der Waals surface area contributed by atoms with Gasteiger partial charge in [-0.3, -0.25) is 0 Å². The van der Waals surface area contributed by atoms with Crippen LogP contribution in [0.1, 0.15) is 44.9 Å². The van der Waals surface area contributed by atoms with Gasteiger partial charge in [-0.1, -0.05) is 12.8 Å². The third kappa shape index (κ3) is 5.70. The normalized spacial score (nSPS) is 27.0. The minimum Gasteiger partial charge on any atom is -0.392 e. The van der Waals surface area contributed by atoms with Gasteiger partial charge in [0.25, 0.3) is 0 Å². The average Bonchev–Trinajstić information content (AvgIpc) is 2.18.